The van der Waals surface area contributed by atoms with E-state index in [-0.39, 0.29) is 28.2 Å². The highest BCUT2D eigenvalue weighted by Crippen LogP contribution is 2.30. The van der Waals surface area contributed by atoms with Crippen LogP contribution in [0.1, 0.15) is 44.4 Å². The van der Waals surface area contributed by atoms with Crippen molar-refractivity contribution in [1.29, 1.82) is 0 Å². The van der Waals surface area contributed by atoms with Crippen LogP contribution in [0.2, 0.25) is 0 Å². The number of benzene rings is 2. The van der Waals surface area contributed by atoms with Crippen molar-refractivity contribution in [1.82, 2.24) is 4.90 Å². The Bertz CT molecular complexity index is 1300. The molecule has 0 aromatic heterocycles. The quantitative estimate of drug-likeness (QED) is 0.415. The Morgan fingerprint density at radius 3 is 2.37 bits per heavy atom. The van der Waals surface area contributed by atoms with Crippen LogP contribution in [0.15, 0.2) is 42.5 Å². The Balaban J connectivity index is 1.43. The number of anilines is 1. The Morgan fingerprint density at radius 2 is 1.74 bits per heavy atom. The van der Waals surface area contributed by atoms with Crippen LogP contribution in [-0.2, 0) is 19.4 Å². The van der Waals surface area contributed by atoms with Gasteiger partial charge in [-0.3, -0.25) is 14.4 Å². The largest absolute Gasteiger partial charge is 0.494 e. The van der Waals surface area contributed by atoms with Crippen molar-refractivity contribution in [3.05, 3.63) is 59.2 Å². The molecule has 3 amide bonds. The van der Waals surface area contributed by atoms with E-state index >= 15 is 0 Å². The monoisotopic (exact) mass is 500 g/mol. The first kappa shape index (κ1) is 24.4. The Morgan fingerprint density at radius 1 is 1.06 bits per heavy atom. The summed E-state index contributed by atoms with van der Waals surface area (Å²) in [6.45, 7) is 1.75. The van der Waals surface area contributed by atoms with Crippen molar-refractivity contribution in [2.45, 2.75) is 19.4 Å². The molecule has 0 saturated carbocycles. The highest BCUT2D eigenvalue weighted by molar-refractivity contribution is 7.91. The summed E-state index contributed by atoms with van der Waals surface area (Å²) in [5.74, 6) is -1.96. The van der Waals surface area contributed by atoms with Gasteiger partial charge in [-0.1, -0.05) is 0 Å². The maximum absolute atomic E-state index is 13.0. The Labute approximate surface area is 202 Å². The predicted octanol–water partition coefficient (Wildman–Crippen LogP) is 1.69. The van der Waals surface area contributed by atoms with Crippen molar-refractivity contribution in [2.75, 3.05) is 36.7 Å². The third-order valence-electron chi connectivity index (χ3n) is 6.00. The molecule has 1 unspecified atom stereocenters. The van der Waals surface area contributed by atoms with Crippen LogP contribution < -0.4 is 9.64 Å². The molecule has 4 rings (SSSR count). The minimum Gasteiger partial charge on any atom is -0.494 e. The van der Waals surface area contributed by atoms with Crippen LogP contribution >= 0.6 is 0 Å². The Kier molecular flexibility index (Phi) is 6.62. The molecule has 0 aliphatic carbocycles. The van der Waals surface area contributed by atoms with Crippen molar-refractivity contribution in [3.8, 4) is 5.75 Å². The lowest BCUT2D eigenvalue weighted by molar-refractivity contribution is -0.134. The van der Waals surface area contributed by atoms with Gasteiger partial charge in [-0.2, -0.15) is 0 Å². The lowest BCUT2D eigenvalue weighted by Gasteiger charge is -2.23. The number of hydrogen-bond acceptors (Lipinski definition) is 8. The molecule has 1 fully saturated rings. The van der Waals surface area contributed by atoms with Gasteiger partial charge in [0.2, 0.25) is 0 Å². The van der Waals surface area contributed by atoms with E-state index in [1.165, 1.54) is 30.1 Å². The third kappa shape index (κ3) is 4.90. The molecule has 2 aromatic rings. The van der Waals surface area contributed by atoms with Crippen LogP contribution in [0.4, 0.5) is 5.69 Å². The summed E-state index contributed by atoms with van der Waals surface area (Å²) in [4.78, 5) is 53.0. The highest BCUT2D eigenvalue weighted by atomic mass is 32.2. The first-order chi connectivity index (χ1) is 16.6. The van der Waals surface area contributed by atoms with Gasteiger partial charge in [0.15, 0.2) is 16.4 Å². The molecule has 184 valence electrons. The number of sulfone groups is 1. The maximum atomic E-state index is 13.0. The van der Waals surface area contributed by atoms with E-state index in [2.05, 4.69) is 0 Å². The van der Waals surface area contributed by atoms with Gasteiger partial charge < -0.3 is 14.4 Å². The van der Waals surface area contributed by atoms with E-state index in [0.29, 0.717) is 24.5 Å². The van der Waals surface area contributed by atoms with Crippen molar-refractivity contribution in [2.24, 2.45) is 0 Å². The molecule has 2 aliphatic heterocycles. The molecule has 2 aromatic carbocycles. The lowest BCUT2D eigenvalue weighted by atomic mass is 10.1. The molecule has 11 heteroatoms. The summed E-state index contributed by atoms with van der Waals surface area (Å²) in [6.07, 6.45) is 0.338. The molecule has 1 atom stereocenters. The number of nitrogens with zero attached hydrogens (tertiary/aromatic N) is 2. The fourth-order valence-electron chi connectivity index (χ4n) is 4.06. The molecule has 0 bridgehead atoms. The summed E-state index contributed by atoms with van der Waals surface area (Å²) in [5.41, 5.74) is 0.584. The average Bonchev–Trinajstić information content (AvgIpc) is 3.33. The van der Waals surface area contributed by atoms with Crippen molar-refractivity contribution >= 4 is 39.2 Å². The van der Waals surface area contributed by atoms with Crippen LogP contribution in [0, 0.1) is 0 Å². The normalized spacial score (nSPS) is 18.3. The minimum atomic E-state index is -3.16. The number of hydrogen-bond donors (Lipinski definition) is 0. The minimum absolute atomic E-state index is 0.0114. The third-order valence-corrected chi connectivity index (χ3v) is 7.75. The van der Waals surface area contributed by atoms with Gasteiger partial charge >= 0.3 is 5.97 Å². The number of amides is 3. The molecule has 10 nitrogen and oxygen atoms in total. The van der Waals surface area contributed by atoms with E-state index in [4.69, 9.17) is 9.47 Å². The summed E-state index contributed by atoms with van der Waals surface area (Å²) < 4.78 is 33.7. The van der Waals surface area contributed by atoms with Gasteiger partial charge in [-0.25, -0.2) is 18.1 Å². The van der Waals surface area contributed by atoms with E-state index in [1.54, 1.807) is 24.3 Å². The first-order valence-corrected chi connectivity index (χ1v) is 12.8. The molecule has 35 heavy (non-hydrogen) atoms. The van der Waals surface area contributed by atoms with E-state index < -0.39 is 46.2 Å². The van der Waals surface area contributed by atoms with Crippen LogP contribution in [0.5, 0.6) is 5.75 Å². The molecule has 0 N–H and O–H groups in total. The average molecular weight is 501 g/mol. The summed E-state index contributed by atoms with van der Waals surface area (Å²) in [7, 11) is -1.70. The SMILES string of the molecule is CCOc1ccc(N2C(=O)c3ccc(C(=O)OCC(=O)N(C)C4CCS(=O)(=O)C4)cc3C2=O)cc1. The number of esters is 1. The molecule has 2 heterocycles. The van der Waals surface area contributed by atoms with E-state index in [1.807, 2.05) is 6.92 Å². The standard InChI is InChI=1S/C24H24N2O8S/c1-3-33-18-7-5-16(6-8-18)26-22(28)19-9-4-15(12-20(19)23(26)29)24(30)34-13-21(27)25(2)17-10-11-35(31,32)14-17/h4-9,12,17H,3,10-11,13-14H2,1-2H3. The second-order valence-electron chi connectivity index (χ2n) is 8.27. The zero-order valence-electron chi connectivity index (χ0n) is 19.2. The van der Waals surface area contributed by atoms with Crippen molar-refractivity contribution < 1.29 is 37.1 Å². The van der Waals surface area contributed by atoms with Gasteiger partial charge in [0.05, 0.1) is 40.5 Å². The van der Waals surface area contributed by atoms with Gasteiger partial charge in [-0.15, -0.1) is 0 Å². The van der Waals surface area contributed by atoms with E-state index in [9.17, 15) is 27.6 Å². The summed E-state index contributed by atoms with van der Waals surface area (Å²) in [5, 5.41) is 0. The zero-order valence-corrected chi connectivity index (χ0v) is 20.0. The van der Waals surface area contributed by atoms with Crippen LogP contribution in [0.3, 0.4) is 0 Å². The van der Waals surface area contributed by atoms with Crippen LogP contribution in [-0.4, -0.2) is 74.8 Å². The number of fused-ring (bicyclic) bond motifs is 1. The second-order valence-corrected chi connectivity index (χ2v) is 10.5. The number of rotatable bonds is 7. The van der Waals surface area contributed by atoms with E-state index in [0.717, 1.165) is 4.90 Å². The van der Waals surface area contributed by atoms with Gasteiger partial charge in [0, 0.05) is 13.1 Å². The topological polar surface area (TPSA) is 127 Å². The highest BCUT2D eigenvalue weighted by Gasteiger charge is 2.37. The van der Waals surface area contributed by atoms with Crippen molar-refractivity contribution in [3.63, 3.8) is 0 Å². The number of likely N-dealkylation sites (N-methyl/N-ethyl adjacent to an activating group) is 1. The van der Waals surface area contributed by atoms with Gasteiger partial charge in [0.1, 0.15) is 5.75 Å². The molecule has 0 spiro atoms. The number of imide groups is 1. The maximum Gasteiger partial charge on any atom is 0.338 e. The molecular weight excluding hydrogens is 476 g/mol. The smallest absolute Gasteiger partial charge is 0.338 e. The summed E-state index contributed by atoms with van der Waals surface area (Å²) >= 11 is 0. The lowest BCUT2D eigenvalue weighted by Crippen LogP contribution is -2.40. The molecule has 2 aliphatic rings. The number of carbonyl (C=O) groups is 4. The number of carbonyl (C=O) groups excluding carboxylic acids is 4. The molecule has 0 radical (unpaired) electrons. The summed E-state index contributed by atoms with van der Waals surface area (Å²) in [6, 6.07) is 10.0. The number of ether oxygens (including phenoxy) is 2. The first-order valence-electron chi connectivity index (χ1n) is 11.0. The molecular formula is C24H24N2O8S. The predicted molar refractivity (Wildman–Crippen MR) is 125 cm³/mol. The van der Waals surface area contributed by atoms with Gasteiger partial charge in [-0.05, 0) is 55.8 Å². The fourth-order valence-corrected chi connectivity index (χ4v) is 5.83. The second kappa shape index (κ2) is 9.49. The zero-order chi connectivity index (χ0) is 25.3. The Hall–Kier alpha value is -3.73. The molecule has 1 saturated heterocycles. The fraction of sp³-hybridized carbons (Fsp3) is 0.333. The van der Waals surface area contributed by atoms with Gasteiger partial charge in [0.25, 0.3) is 17.7 Å². The van der Waals surface area contributed by atoms with Crippen LogP contribution in [0.25, 0.3) is 0 Å².